The van der Waals surface area contributed by atoms with Crippen LogP contribution in [-0.4, -0.2) is 52.6 Å². The Morgan fingerprint density at radius 3 is 2.39 bits per heavy atom. The van der Waals surface area contributed by atoms with Crippen LogP contribution in [0.3, 0.4) is 0 Å². The maximum atomic E-state index is 9.67. The highest BCUT2D eigenvalue weighted by atomic mass is 16.7. The highest BCUT2D eigenvalue weighted by Crippen LogP contribution is 2.21. The van der Waals surface area contributed by atoms with Crippen LogP contribution in [0, 0.1) is 0 Å². The molecule has 0 saturated carbocycles. The Labute approximate surface area is 107 Å². The highest BCUT2D eigenvalue weighted by Gasteiger charge is 2.42. The third-order valence-electron chi connectivity index (χ3n) is 2.78. The Bertz CT molecular complexity index is 289. The van der Waals surface area contributed by atoms with Gasteiger partial charge in [-0.3, -0.25) is 0 Å². The first-order valence-corrected chi connectivity index (χ1v) is 6.20. The molecule has 0 radical (unpaired) electrons. The number of ether oxygens (including phenoxy) is 2. The molecule has 0 aromatic heterocycles. The Hall–Kier alpha value is -0.720. The molecule has 0 spiro atoms. The quantitative estimate of drug-likeness (QED) is 0.620. The second-order valence-electron chi connectivity index (χ2n) is 4.28. The standard InChI is InChI=1S/C13H22O5/c1-3-4-5-6-7-8-17-13-12(16)11(15)10(14)9(2)18-13/h4-7,9-16H,3,8H2,1-2H3. The smallest absolute Gasteiger partial charge is 0.186 e. The zero-order chi connectivity index (χ0) is 13.5. The van der Waals surface area contributed by atoms with Gasteiger partial charge in [-0.2, -0.15) is 0 Å². The monoisotopic (exact) mass is 258 g/mol. The van der Waals surface area contributed by atoms with Gasteiger partial charge in [0.1, 0.15) is 18.3 Å². The molecule has 5 atom stereocenters. The van der Waals surface area contributed by atoms with Crippen LogP contribution in [0.5, 0.6) is 0 Å². The van der Waals surface area contributed by atoms with E-state index < -0.39 is 30.7 Å². The summed E-state index contributed by atoms with van der Waals surface area (Å²) >= 11 is 0. The number of allylic oxidation sites excluding steroid dienone is 3. The number of aliphatic hydroxyl groups excluding tert-OH is 3. The van der Waals surface area contributed by atoms with Gasteiger partial charge in [-0.25, -0.2) is 0 Å². The molecule has 1 aliphatic heterocycles. The van der Waals surface area contributed by atoms with Gasteiger partial charge in [-0.05, 0) is 13.3 Å². The molecular formula is C13H22O5. The highest BCUT2D eigenvalue weighted by molar-refractivity contribution is 5.02. The molecule has 3 N–H and O–H groups in total. The summed E-state index contributed by atoms with van der Waals surface area (Å²) in [5.74, 6) is 0. The lowest BCUT2D eigenvalue weighted by atomic mass is 10.0. The zero-order valence-corrected chi connectivity index (χ0v) is 10.8. The molecule has 5 nitrogen and oxygen atoms in total. The largest absolute Gasteiger partial charge is 0.388 e. The Kier molecular flexibility index (Phi) is 6.52. The van der Waals surface area contributed by atoms with Crippen molar-refractivity contribution in [1.82, 2.24) is 0 Å². The van der Waals surface area contributed by atoms with Crippen LogP contribution in [0.4, 0.5) is 0 Å². The molecule has 0 aromatic carbocycles. The summed E-state index contributed by atoms with van der Waals surface area (Å²) in [4.78, 5) is 0. The van der Waals surface area contributed by atoms with Gasteiger partial charge in [0.05, 0.1) is 12.7 Å². The maximum absolute atomic E-state index is 9.67. The molecular weight excluding hydrogens is 236 g/mol. The van der Waals surface area contributed by atoms with Crippen molar-refractivity contribution in [3.8, 4) is 0 Å². The lowest BCUT2D eigenvalue weighted by Gasteiger charge is -2.38. The van der Waals surface area contributed by atoms with E-state index in [1.54, 1.807) is 13.0 Å². The van der Waals surface area contributed by atoms with Crippen molar-refractivity contribution in [3.05, 3.63) is 24.3 Å². The van der Waals surface area contributed by atoms with Gasteiger partial charge in [0, 0.05) is 0 Å². The molecule has 18 heavy (non-hydrogen) atoms. The first kappa shape index (κ1) is 15.3. The maximum Gasteiger partial charge on any atom is 0.186 e. The number of hydrogen-bond acceptors (Lipinski definition) is 5. The minimum atomic E-state index is -1.25. The molecule has 5 unspecified atom stereocenters. The first-order chi connectivity index (χ1) is 8.57. The zero-order valence-electron chi connectivity index (χ0n) is 10.8. The minimum Gasteiger partial charge on any atom is -0.388 e. The van der Waals surface area contributed by atoms with Gasteiger partial charge in [0.15, 0.2) is 6.29 Å². The fourth-order valence-electron chi connectivity index (χ4n) is 1.65. The van der Waals surface area contributed by atoms with Crippen molar-refractivity contribution in [2.24, 2.45) is 0 Å². The fourth-order valence-corrected chi connectivity index (χ4v) is 1.65. The van der Waals surface area contributed by atoms with Crippen LogP contribution < -0.4 is 0 Å². The van der Waals surface area contributed by atoms with Crippen molar-refractivity contribution in [3.63, 3.8) is 0 Å². The summed E-state index contributed by atoms with van der Waals surface area (Å²) < 4.78 is 10.6. The van der Waals surface area contributed by atoms with Crippen molar-refractivity contribution >= 4 is 0 Å². The number of hydrogen-bond donors (Lipinski definition) is 3. The van der Waals surface area contributed by atoms with E-state index in [1.807, 2.05) is 25.2 Å². The van der Waals surface area contributed by atoms with Crippen molar-refractivity contribution in [2.45, 2.75) is 51.0 Å². The van der Waals surface area contributed by atoms with Crippen LogP contribution in [0.2, 0.25) is 0 Å². The molecule has 0 amide bonds. The second-order valence-corrected chi connectivity index (χ2v) is 4.28. The van der Waals surface area contributed by atoms with Crippen molar-refractivity contribution in [2.75, 3.05) is 6.61 Å². The average Bonchev–Trinajstić information content (AvgIpc) is 2.37. The summed E-state index contributed by atoms with van der Waals surface area (Å²) in [5.41, 5.74) is 0. The third-order valence-corrected chi connectivity index (χ3v) is 2.78. The van der Waals surface area contributed by atoms with Crippen LogP contribution in [0.15, 0.2) is 24.3 Å². The predicted molar refractivity (Wildman–Crippen MR) is 66.9 cm³/mol. The SMILES string of the molecule is CCC=CC=CCOC1OC(C)C(O)C(O)C1O. The van der Waals surface area contributed by atoms with E-state index >= 15 is 0 Å². The Morgan fingerprint density at radius 2 is 1.72 bits per heavy atom. The summed E-state index contributed by atoms with van der Waals surface area (Å²) in [7, 11) is 0. The summed E-state index contributed by atoms with van der Waals surface area (Å²) in [6.07, 6.45) is 3.43. The Balaban J connectivity index is 2.37. The molecule has 0 aliphatic carbocycles. The van der Waals surface area contributed by atoms with Gasteiger partial charge >= 0.3 is 0 Å². The van der Waals surface area contributed by atoms with E-state index in [2.05, 4.69) is 0 Å². The Morgan fingerprint density at radius 1 is 1.06 bits per heavy atom. The van der Waals surface area contributed by atoms with E-state index in [4.69, 9.17) is 9.47 Å². The van der Waals surface area contributed by atoms with Crippen LogP contribution >= 0.6 is 0 Å². The average molecular weight is 258 g/mol. The molecule has 0 bridgehead atoms. The fraction of sp³-hybridized carbons (Fsp3) is 0.692. The van der Waals surface area contributed by atoms with Gasteiger partial charge in [-0.15, -0.1) is 0 Å². The van der Waals surface area contributed by atoms with Crippen molar-refractivity contribution < 1.29 is 24.8 Å². The summed E-state index contributed by atoms with van der Waals surface area (Å²) in [6.45, 7) is 3.93. The van der Waals surface area contributed by atoms with E-state index in [1.165, 1.54) is 0 Å². The normalized spacial score (nSPS) is 37.7. The molecule has 0 aromatic rings. The third kappa shape index (κ3) is 4.19. The van der Waals surface area contributed by atoms with E-state index in [9.17, 15) is 15.3 Å². The van der Waals surface area contributed by atoms with Gasteiger partial charge in [-0.1, -0.05) is 31.2 Å². The summed E-state index contributed by atoms with van der Waals surface area (Å²) in [5, 5.41) is 28.7. The lowest BCUT2D eigenvalue weighted by Crippen LogP contribution is -2.57. The van der Waals surface area contributed by atoms with E-state index in [0.29, 0.717) is 0 Å². The predicted octanol–water partition coefficient (Wildman–Crippen LogP) is 0.353. The molecule has 104 valence electrons. The molecule has 1 rings (SSSR count). The van der Waals surface area contributed by atoms with Crippen LogP contribution in [-0.2, 0) is 9.47 Å². The molecule has 1 fully saturated rings. The molecule has 1 saturated heterocycles. The second kappa shape index (κ2) is 7.66. The van der Waals surface area contributed by atoms with E-state index in [-0.39, 0.29) is 6.61 Å². The summed E-state index contributed by atoms with van der Waals surface area (Å²) in [6, 6.07) is 0. The van der Waals surface area contributed by atoms with Crippen molar-refractivity contribution in [1.29, 1.82) is 0 Å². The molecule has 1 heterocycles. The van der Waals surface area contributed by atoms with Crippen LogP contribution in [0.1, 0.15) is 20.3 Å². The minimum absolute atomic E-state index is 0.269. The number of rotatable bonds is 5. The van der Waals surface area contributed by atoms with Gasteiger partial charge in [0.25, 0.3) is 0 Å². The van der Waals surface area contributed by atoms with Crippen LogP contribution in [0.25, 0.3) is 0 Å². The topological polar surface area (TPSA) is 79.2 Å². The first-order valence-electron chi connectivity index (χ1n) is 6.20. The lowest BCUT2D eigenvalue weighted by molar-refractivity contribution is -0.290. The van der Waals surface area contributed by atoms with E-state index in [0.717, 1.165) is 6.42 Å². The number of aliphatic hydroxyl groups is 3. The van der Waals surface area contributed by atoms with Gasteiger partial charge < -0.3 is 24.8 Å². The molecule has 5 heteroatoms. The van der Waals surface area contributed by atoms with Gasteiger partial charge in [0.2, 0.25) is 0 Å². The molecule has 1 aliphatic rings.